The van der Waals surface area contributed by atoms with E-state index in [4.69, 9.17) is 11.6 Å². The number of hydrogen-bond donors (Lipinski definition) is 1. The molecule has 2 aromatic carbocycles. The summed E-state index contributed by atoms with van der Waals surface area (Å²) in [5.74, 6) is -0.468. The van der Waals surface area contributed by atoms with Crippen molar-refractivity contribution in [2.45, 2.75) is 18.5 Å². The molecule has 0 aromatic heterocycles. The highest BCUT2D eigenvalue weighted by atomic mass is 35.5. The number of hydrogen-bond acceptors (Lipinski definition) is 3. The van der Waals surface area contributed by atoms with Crippen LogP contribution in [-0.4, -0.2) is 59.2 Å². The van der Waals surface area contributed by atoms with E-state index < -0.39 is 12.1 Å². The van der Waals surface area contributed by atoms with Crippen LogP contribution in [0.3, 0.4) is 0 Å². The fourth-order valence-corrected chi connectivity index (χ4v) is 3.87. The van der Waals surface area contributed by atoms with Crippen LogP contribution in [0.15, 0.2) is 54.6 Å². The highest BCUT2D eigenvalue weighted by molar-refractivity contribution is 6.30. The molecule has 0 aliphatic carbocycles. The van der Waals surface area contributed by atoms with Crippen LogP contribution in [-0.2, 0) is 16.0 Å². The predicted molar refractivity (Wildman–Crippen MR) is 105 cm³/mol. The molecule has 2 heterocycles. The van der Waals surface area contributed by atoms with E-state index in [1.165, 1.54) is 0 Å². The smallest absolute Gasteiger partial charge is 0.254 e. The van der Waals surface area contributed by atoms with E-state index in [9.17, 15) is 14.4 Å². The van der Waals surface area contributed by atoms with Gasteiger partial charge in [-0.1, -0.05) is 41.9 Å². The van der Waals surface area contributed by atoms with Gasteiger partial charge >= 0.3 is 0 Å². The van der Waals surface area contributed by atoms with E-state index in [-0.39, 0.29) is 24.3 Å². The lowest BCUT2D eigenvalue weighted by Crippen LogP contribution is -2.70. The van der Waals surface area contributed by atoms with Crippen LogP contribution >= 0.6 is 11.6 Å². The molecule has 2 aliphatic rings. The summed E-state index contributed by atoms with van der Waals surface area (Å²) in [4.78, 5) is 41.5. The maximum Gasteiger partial charge on any atom is 0.254 e. The number of nitrogens with zero attached hydrogens (tertiary/aromatic N) is 2. The fraction of sp³-hybridized carbons (Fsp3) is 0.286. The van der Waals surface area contributed by atoms with Crippen molar-refractivity contribution in [1.29, 1.82) is 0 Å². The largest absolute Gasteiger partial charge is 0.342 e. The second-order valence-electron chi connectivity index (χ2n) is 7.06. The molecule has 2 aliphatic heterocycles. The van der Waals surface area contributed by atoms with Crippen molar-refractivity contribution in [2.24, 2.45) is 0 Å². The number of piperazine rings is 2. The van der Waals surface area contributed by atoms with Gasteiger partial charge < -0.3 is 15.1 Å². The first-order valence-corrected chi connectivity index (χ1v) is 9.60. The Hall–Kier alpha value is -2.86. The molecule has 0 spiro atoms. The van der Waals surface area contributed by atoms with Crippen LogP contribution in [0.25, 0.3) is 0 Å². The Morgan fingerprint density at radius 1 is 1.04 bits per heavy atom. The summed E-state index contributed by atoms with van der Waals surface area (Å²) in [5, 5.41) is 3.39. The van der Waals surface area contributed by atoms with Crippen LogP contribution in [0, 0.1) is 0 Å². The first-order chi connectivity index (χ1) is 13.5. The molecule has 7 heteroatoms. The highest BCUT2D eigenvalue weighted by Gasteiger charge is 2.44. The molecule has 0 bridgehead atoms. The Morgan fingerprint density at radius 3 is 2.46 bits per heavy atom. The SMILES string of the molecule is O=C1N[C@H](Cc2ccccc2)C(=O)N2CCN(C(=O)c3ccc(Cl)cc3)C[C@H]12. The molecular weight excluding hydrogens is 378 g/mol. The summed E-state index contributed by atoms with van der Waals surface area (Å²) in [7, 11) is 0. The predicted octanol–water partition coefficient (Wildman–Crippen LogP) is 1.73. The molecule has 28 heavy (non-hydrogen) atoms. The highest BCUT2D eigenvalue weighted by Crippen LogP contribution is 2.20. The molecule has 2 saturated heterocycles. The average Bonchev–Trinajstić information content (AvgIpc) is 2.72. The summed E-state index contributed by atoms with van der Waals surface area (Å²) in [6, 6.07) is 15.1. The number of nitrogens with one attached hydrogen (secondary N) is 1. The van der Waals surface area contributed by atoms with Gasteiger partial charge in [0.05, 0.1) is 6.54 Å². The Bertz CT molecular complexity index is 901. The molecule has 4 rings (SSSR count). The van der Waals surface area contributed by atoms with Gasteiger partial charge in [-0.05, 0) is 29.8 Å². The van der Waals surface area contributed by atoms with Crippen LogP contribution in [0.1, 0.15) is 15.9 Å². The zero-order valence-electron chi connectivity index (χ0n) is 15.2. The lowest BCUT2D eigenvalue weighted by molar-refractivity contribution is -0.152. The van der Waals surface area contributed by atoms with Crippen LogP contribution in [0.4, 0.5) is 0 Å². The Kier molecular flexibility index (Phi) is 5.05. The van der Waals surface area contributed by atoms with E-state index in [1.807, 2.05) is 30.3 Å². The van der Waals surface area contributed by atoms with Crippen LogP contribution in [0.5, 0.6) is 0 Å². The second kappa shape index (κ2) is 7.64. The zero-order valence-corrected chi connectivity index (χ0v) is 15.9. The normalized spacial score (nSPS) is 21.9. The molecule has 0 unspecified atom stereocenters. The van der Waals surface area contributed by atoms with E-state index in [1.54, 1.807) is 34.1 Å². The van der Waals surface area contributed by atoms with Gasteiger partial charge in [-0.15, -0.1) is 0 Å². The van der Waals surface area contributed by atoms with Gasteiger partial charge in [0.15, 0.2) is 0 Å². The first kappa shape index (κ1) is 18.5. The Morgan fingerprint density at radius 2 is 1.75 bits per heavy atom. The maximum atomic E-state index is 12.9. The summed E-state index contributed by atoms with van der Waals surface area (Å²) < 4.78 is 0. The fourth-order valence-electron chi connectivity index (χ4n) is 3.75. The number of fused-ring (bicyclic) bond motifs is 1. The molecule has 2 aromatic rings. The van der Waals surface area contributed by atoms with Crippen molar-refractivity contribution in [3.63, 3.8) is 0 Å². The number of amides is 3. The number of halogens is 1. The minimum Gasteiger partial charge on any atom is -0.342 e. The van der Waals surface area contributed by atoms with Crippen molar-refractivity contribution in [3.05, 3.63) is 70.7 Å². The maximum absolute atomic E-state index is 12.9. The molecule has 0 radical (unpaired) electrons. The third kappa shape index (κ3) is 3.60. The summed E-state index contributed by atoms with van der Waals surface area (Å²) in [6.45, 7) is 0.938. The molecule has 0 saturated carbocycles. The van der Waals surface area contributed by atoms with Crippen molar-refractivity contribution < 1.29 is 14.4 Å². The van der Waals surface area contributed by atoms with Crippen molar-refractivity contribution >= 4 is 29.3 Å². The topological polar surface area (TPSA) is 69.7 Å². The lowest BCUT2D eigenvalue weighted by atomic mass is 9.98. The van der Waals surface area contributed by atoms with Gasteiger partial charge in [0.25, 0.3) is 5.91 Å². The van der Waals surface area contributed by atoms with E-state index in [2.05, 4.69) is 5.32 Å². The lowest BCUT2D eigenvalue weighted by Gasteiger charge is -2.45. The Balaban J connectivity index is 1.45. The number of carbonyl (C=O) groups is 3. The molecule has 1 N–H and O–H groups in total. The van der Waals surface area contributed by atoms with Gasteiger partial charge in [-0.25, -0.2) is 0 Å². The molecule has 6 nitrogen and oxygen atoms in total. The number of carbonyl (C=O) groups excluding carboxylic acids is 3. The third-order valence-electron chi connectivity index (χ3n) is 5.24. The summed E-state index contributed by atoms with van der Waals surface area (Å²) >= 11 is 5.88. The van der Waals surface area contributed by atoms with Crippen molar-refractivity contribution in [1.82, 2.24) is 15.1 Å². The van der Waals surface area contributed by atoms with E-state index in [0.29, 0.717) is 30.1 Å². The quantitative estimate of drug-likeness (QED) is 0.857. The van der Waals surface area contributed by atoms with Gasteiger partial charge in [0.2, 0.25) is 11.8 Å². The zero-order chi connectivity index (χ0) is 19.7. The number of rotatable bonds is 3. The van der Waals surface area contributed by atoms with E-state index >= 15 is 0 Å². The van der Waals surface area contributed by atoms with Gasteiger partial charge in [-0.2, -0.15) is 0 Å². The van der Waals surface area contributed by atoms with Crippen LogP contribution < -0.4 is 5.32 Å². The third-order valence-corrected chi connectivity index (χ3v) is 5.49. The molecule has 2 fully saturated rings. The minimum atomic E-state index is -0.649. The van der Waals surface area contributed by atoms with Crippen molar-refractivity contribution in [2.75, 3.05) is 19.6 Å². The first-order valence-electron chi connectivity index (χ1n) is 9.22. The van der Waals surface area contributed by atoms with E-state index in [0.717, 1.165) is 5.56 Å². The summed E-state index contributed by atoms with van der Waals surface area (Å²) in [5.41, 5.74) is 1.51. The molecular formula is C21H20ClN3O3. The van der Waals surface area contributed by atoms with Crippen LogP contribution in [0.2, 0.25) is 5.02 Å². The standard InChI is InChI=1S/C21H20ClN3O3/c22-16-8-6-15(7-9-16)20(27)24-10-11-25-18(13-24)19(26)23-17(21(25)28)12-14-4-2-1-3-5-14/h1-9,17-18H,10-13H2,(H,23,26)/t17-,18-/m1/s1. The number of benzene rings is 2. The molecule has 144 valence electrons. The second-order valence-corrected chi connectivity index (χ2v) is 7.49. The van der Waals surface area contributed by atoms with Crippen molar-refractivity contribution in [3.8, 4) is 0 Å². The monoisotopic (exact) mass is 397 g/mol. The molecule has 3 amide bonds. The summed E-state index contributed by atoms with van der Waals surface area (Å²) in [6.07, 6.45) is 0.460. The average molecular weight is 398 g/mol. The van der Waals surface area contributed by atoms with Gasteiger partial charge in [0, 0.05) is 30.1 Å². The Labute approximate surface area is 168 Å². The minimum absolute atomic E-state index is 0.0907. The molecule has 2 atom stereocenters. The van der Waals surface area contributed by atoms with Gasteiger partial charge in [0.1, 0.15) is 12.1 Å². The van der Waals surface area contributed by atoms with Gasteiger partial charge in [-0.3, -0.25) is 14.4 Å².